The number of rotatable bonds is 3. The highest BCUT2D eigenvalue weighted by Crippen LogP contribution is 2.18. The first kappa shape index (κ1) is 14.3. The fourth-order valence-electron chi connectivity index (χ4n) is 2.66. The molecule has 1 aromatic heterocycles. The Morgan fingerprint density at radius 3 is 2.38 bits per heavy atom. The lowest BCUT2D eigenvalue weighted by Gasteiger charge is -2.34. The van der Waals surface area contributed by atoms with Crippen LogP contribution < -0.4 is 0 Å². The predicted molar refractivity (Wildman–Crippen MR) is 86.7 cm³/mol. The predicted octanol–water partition coefficient (Wildman–Crippen LogP) is 3.01. The highest BCUT2D eigenvalue weighted by Gasteiger charge is 2.22. The molecule has 0 aliphatic carbocycles. The quantitative estimate of drug-likeness (QED) is 0.870. The number of nitrogens with zero attached hydrogens (tertiary/aromatic N) is 2. The van der Waals surface area contributed by atoms with Crippen molar-refractivity contribution in [2.45, 2.75) is 13.5 Å². The van der Waals surface area contributed by atoms with Crippen LogP contribution >= 0.6 is 11.3 Å². The van der Waals surface area contributed by atoms with Gasteiger partial charge in [-0.3, -0.25) is 9.69 Å². The zero-order valence-corrected chi connectivity index (χ0v) is 13.1. The molecule has 0 radical (unpaired) electrons. The molecular weight excluding hydrogens is 280 g/mol. The van der Waals surface area contributed by atoms with E-state index in [0.29, 0.717) is 0 Å². The minimum absolute atomic E-state index is 0.187. The molecule has 21 heavy (non-hydrogen) atoms. The van der Waals surface area contributed by atoms with Crippen molar-refractivity contribution in [2.75, 3.05) is 26.2 Å². The van der Waals surface area contributed by atoms with Crippen LogP contribution in [0, 0.1) is 6.92 Å². The number of carbonyl (C=O) groups is 1. The Labute approximate surface area is 129 Å². The van der Waals surface area contributed by atoms with Crippen LogP contribution in [-0.2, 0) is 6.54 Å². The molecular formula is C17H20N2OS. The van der Waals surface area contributed by atoms with Gasteiger partial charge in [-0.2, -0.15) is 0 Å². The van der Waals surface area contributed by atoms with Crippen LogP contribution in [0.5, 0.6) is 0 Å². The number of amides is 1. The van der Waals surface area contributed by atoms with Crippen molar-refractivity contribution in [2.24, 2.45) is 0 Å². The average Bonchev–Trinajstić information content (AvgIpc) is 2.95. The lowest BCUT2D eigenvalue weighted by Crippen LogP contribution is -2.48. The van der Waals surface area contributed by atoms with Crippen molar-refractivity contribution in [3.8, 4) is 0 Å². The van der Waals surface area contributed by atoms with Gasteiger partial charge < -0.3 is 4.90 Å². The van der Waals surface area contributed by atoms with E-state index in [0.717, 1.165) is 37.6 Å². The first-order valence-corrected chi connectivity index (χ1v) is 8.16. The van der Waals surface area contributed by atoms with Crippen molar-refractivity contribution in [3.63, 3.8) is 0 Å². The third-order valence-corrected chi connectivity index (χ3v) is 4.85. The van der Waals surface area contributed by atoms with Crippen LogP contribution in [0.4, 0.5) is 0 Å². The molecule has 0 N–H and O–H groups in total. The molecule has 0 atom stereocenters. The molecule has 1 aliphatic rings. The molecule has 1 aliphatic heterocycles. The molecule has 1 fully saturated rings. The lowest BCUT2D eigenvalue weighted by molar-refractivity contribution is 0.0633. The van der Waals surface area contributed by atoms with Crippen LogP contribution in [0.1, 0.15) is 20.1 Å². The summed E-state index contributed by atoms with van der Waals surface area (Å²) >= 11 is 1.59. The van der Waals surface area contributed by atoms with Crippen molar-refractivity contribution in [1.82, 2.24) is 9.80 Å². The van der Waals surface area contributed by atoms with E-state index in [1.807, 2.05) is 30.0 Å². The second-order valence-corrected chi connectivity index (χ2v) is 6.75. The van der Waals surface area contributed by atoms with Gasteiger partial charge >= 0.3 is 0 Å². The lowest BCUT2D eigenvalue weighted by atomic mass is 10.2. The summed E-state index contributed by atoms with van der Waals surface area (Å²) in [5, 5.41) is 0. The monoisotopic (exact) mass is 300 g/mol. The van der Waals surface area contributed by atoms with Crippen LogP contribution in [0.3, 0.4) is 0 Å². The summed E-state index contributed by atoms with van der Waals surface area (Å²) in [6.07, 6.45) is 0. The van der Waals surface area contributed by atoms with Gasteiger partial charge in [0.05, 0.1) is 4.88 Å². The fourth-order valence-corrected chi connectivity index (χ4v) is 3.49. The van der Waals surface area contributed by atoms with E-state index >= 15 is 0 Å². The highest BCUT2D eigenvalue weighted by atomic mass is 32.1. The Morgan fingerprint density at radius 2 is 1.76 bits per heavy atom. The summed E-state index contributed by atoms with van der Waals surface area (Å²) < 4.78 is 0. The van der Waals surface area contributed by atoms with Gasteiger partial charge in [-0.05, 0) is 24.6 Å². The molecule has 0 spiro atoms. The zero-order valence-electron chi connectivity index (χ0n) is 12.3. The highest BCUT2D eigenvalue weighted by molar-refractivity contribution is 7.13. The SMILES string of the molecule is Cc1ccc(C(=O)N2CCN(Cc3ccccc3)CC2)s1. The Balaban J connectivity index is 1.54. The van der Waals surface area contributed by atoms with E-state index in [-0.39, 0.29) is 5.91 Å². The Kier molecular flexibility index (Phi) is 4.36. The standard InChI is InChI=1S/C17H20N2OS/c1-14-7-8-16(21-14)17(20)19-11-9-18(10-12-19)13-15-5-3-2-4-6-15/h2-8H,9-13H2,1H3. The molecule has 0 bridgehead atoms. The summed E-state index contributed by atoms with van der Waals surface area (Å²) in [7, 11) is 0. The molecule has 2 heterocycles. The van der Waals surface area contributed by atoms with Gasteiger partial charge in [0.2, 0.25) is 0 Å². The number of aryl methyl sites for hydroxylation is 1. The van der Waals surface area contributed by atoms with Gasteiger partial charge in [0.15, 0.2) is 0 Å². The second kappa shape index (κ2) is 6.41. The van der Waals surface area contributed by atoms with Crippen molar-refractivity contribution in [1.29, 1.82) is 0 Å². The molecule has 0 saturated carbocycles. The van der Waals surface area contributed by atoms with Gasteiger partial charge in [0.1, 0.15) is 0 Å². The Morgan fingerprint density at radius 1 is 1.05 bits per heavy atom. The average molecular weight is 300 g/mol. The second-order valence-electron chi connectivity index (χ2n) is 5.46. The Bertz CT molecular complexity index is 600. The van der Waals surface area contributed by atoms with E-state index in [4.69, 9.17) is 0 Å². The van der Waals surface area contributed by atoms with Crippen molar-refractivity contribution < 1.29 is 4.79 Å². The van der Waals surface area contributed by atoms with Crippen LogP contribution in [0.25, 0.3) is 0 Å². The third-order valence-electron chi connectivity index (χ3n) is 3.86. The molecule has 110 valence electrons. The minimum atomic E-state index is 0.187. The maximum absolute atomic E-state index is 12.4. The van der Waals surface area contributed by atoms with E-state index in [2.05, 4.69) is 29.2 Å². The van der Waals surface area contributed by atoms with Gasteiger partial charge in [-0.25, -0.2) is 0 Å². The van der Waals surface area contributed by atoms with E-state index in [1.54, 1.807) is 11.3 Å². The van der Waals surface area contributed by atoms with Crippen LogP contribution in [0.15, 0.2) is 42.5 Å². The number of hydrogen-bond donors (Lipinski definition) is 0. The van der Waals surface area contributed by atoms with Gasteiger partial charge in [0.25, 0.3) is 5.91 Å². The topological polar surface area (TPSA) is 23.6 Å². The summed E-state index contributed by atoms with van der Waals surface area (Å²) in [6, 6.07) is 14.5. The number of carbonyl (C=O) groups excluding carboxylic acids is 1. The minimum Gasteiger partial charge on any atom is -0.335 e. The van der Waals surface area contributed by atoms with E-state index in [9.17, 15) is 4.79 Å². The number of benzene rings is 1. The van der Waals surface area contributed by atoms with Gasteiger partial charge in [-0.15, -0.1) is 11.3 Å². The van der Waals surface area contributed by atoms with Crippen molar-refractivity contribution >= 4 is 17.2 Å². The first-order valence-electron chi connectivity index (χ1n) is 7.34. The van der Waals surface area contributed by atoms with Crippen LogP contribution in [-0.4, -0.2) is 41.9 Å². The molecule has 1 saturated heterocycles. The van der Waals surface area contributed by atoms with E-state index < -0.39 is 0 Å². The van der Waals surface area contributed by atoms with Crippen molar-refractivity contribution in [3.05, 3.63) is 57.8 Å². The largest absolute Gasteiger partial charge is 0.335 e. The fraction of sp³-hybridized carbons (Fsp3) is 0.353. The normalized spacial score (nSPS) is 16.1. The summed E-state index contributed by atoms with van der Waals surface area (Å²) in [6.45, 7) is 6.56. The Hall–Kier alpha value is -1.65. The molecule has 1 amide bonds. The summed E-state index contributed by atoms with van der Waals surface area (Å²) in [4.78, 5) is 18.9. The third kappa shape index (κ3) is 3.52. The molecule has 4 heteroatoms. The maximum Gasteiger partial charge on any atom is 0.264 e. The molecule has 1 aromatic carbocycles. The molecule has 2 aromatic rings. The smallest absolute Gasteiger partial charge is 0.264 e. The zero-order chi connectivity index (χ0) is 14.7. The molecule has 3 nitrogen and oxygen atoms in total. The van der Waals surface area contributed by atoms with E-state index in [1.165, 1.54) is 10.4 Å². The number of thiophene rings is 1. The number of hydrogen-bond acceptors (Lipinski definition) is 3. The van der Waals surface area contributed by atoms with Gasteiger partial charge in [0, 0.05) is 37.6 Å². The summed E-state index contributed by atoms with van der Waals surface area (Å²) in [5.41, 5.74) is 1.34. The first-order chi connectivity index (χ1) is 10.2. The molecule has 0 unspecified atom stereocenters. The number of piperazine rings is 1. The maximum atomic E-state index is 12.4. The molecule has 3 rings (SSSR count). The van der Waals surface area contributed by atoms with Gasteiger partial charge in [-0.1, -0.05) is 30.3 Å². The van der Waals surface area contributed by atoms with Crippen LogP contribution in [0.2, 0.25) is 0 Å². The summed E-state index contributed by atoms with van der Waals surface area (Å²) in [5.74, 6) is 0.187.